The van der Waals surface area contributed by atoms with Crippen LogP contribution in [0.2, 0.25) is 0 Å². The summed E-state index contributed by atoms with van der Waals surface area (Å²) in [6, 6.07) is 3.78. The number of likely N-dealkylation sites (N-methyl/N-ethyl adjacent to an activating group) is 1. The largest absolute Gasteiger partial charge is 0.393 e. The fraction of sp³-hybridized carbons (Fsp3) is 0.444. The number of nitrogens with two attached hydrogens (primary N) is 1. The van der Waals surface area contributed by atoms with Gasteiger partial charge in [-0.05, 0) is 39.1 Å². The molecule has 8 nitrogen and oxygen atoms in total. The van der Waals surface area contributed by atoms with Crippen LogP contribution in [0.3, 0.4) is 0 Å². The molecule has 41 heavy (non-hydrogen) atoms. The van der Waals surface area contributed by atoms with Crippen LogP contribution in [0.4, 0.5) is 37.7 Å². The Kier molecular flexibility index (Phi) is 8.25. The molecule has 2 unspecified atom stereocenters. The smallest absolute Gasteiger partial charge is 0.367 e. The molecule has 2 aliphatic rings. The van der Waals surface area contributed by atoms with Gasteiger partial charge in [0.1, 0.15) is 5.82 Å². The van der Waals surface area contributed by atoms with E-state index in [0.29, 0.717) is 13.1 Å². The average molecular weight is 586 g/mol. The van der Waals surface area contributed by atoms with E-state index in [1.165, 1.54) is 0 Å². The first-order valence-electron chi connectivity index (χ1n) is 12.8. The van der Waals surface area contributed by atoms with Crippen LogP contribution in [0.1, 0.15) is 30.6 Å². The minimum absolute atomic E-state index is 0.0268. The first-order valence-corrected chi connectivity index (χ1v) is 12.8. The number of nitrogens with zero attached hydrogens (tertiary/aromatic N) is 2. The molecular weight excluding hydrogens is 556 g/mol. The van der Waals surface area contributed by atoms with Crippen molar-refractivity contribution in [1.29, 1.82) is 0 Å². The van der Waals surface area contributed by atoms with E-state index in [-0.39, 0.29) is 23.5 Å². The summed E-state index contributed by atoms with van der Waals surface area (Å²) in [5.41, 5.74) is 3.20. The Labute approximate surface area is 231 Å². The minimum Gasteiger partial charge on any atom is -0.367 e. The van der Waals surface area contributed by atoms with Crippen molar-refractivity contribution in [2.75, 3.05) is 36.9 Å². The van der Waals surface area contributed by atoms with Crippen molar-refractivity contribution < 1.29 is 40.7 Å². The lowest BCUT2D eigenvalue weighted by atomic mass is 9.84. The lowest BCUT2D eigenvalue weighted by Crippen LogP contribution is -2.55. The molecule has 0 aromatic heterocycles. The first-order chi connectivity index (χ1) is 19.1. The van der Waals surface area contributed by atoms with Crippen molar-refractivity contribution in [3.8, 4) is 11.1 Å². The highest BCUT2D eigenvalue weighted by molar-refractivity contribution is 5.99. The third kappa shape index (κ3) is 5.97. The maximum Gasteiger partial charge on any atom is 0.393 e. The summed E-state index contributed by atoms with van der Waals surface area (Å²) < 4.78 is 86.3. The SMILES string of the molecule is C[C@@H]1CN(c2cc(F)c(-c3ccc(C(N)=O)c(F)c3F)cc2NC(=O)C2CNC(=O)CC2C(F)(F)F)C[C@H](C)N1C. The monoisotopic (exact) mass is 585 g/mol. The van der Waals surface area contributed by atoms with Gasteiger partial charge in [-0.3, -0.25) is 19.3 Å². The number of amides is 3. The van der Waals surface area contributed by atoms with E-state index >= 15 is 4.39 Å². The Morgan fingerprint density at radius 2 is 1.66 bits per heavy atom. The number of alkyl halides is 3. The number of halogens is 6. The average Bonchev–Trinajstić information content (AvgIpc) is 2.88. The van der Waals surface area contributed by atoms with E-state index in [2.05, 4.69) is 15.5 Å². The molecule has 0 bridgehead atoms. The van der Waals surface area contributed by atoms with Crippen LogP contribution in [0.15, 0.2) is 24.3 Å². The summed E-state index contributed by atoms with van der Waals surface area (Å²) >= 11 is 0. The Hall–Kier alpha value is -3.81. The predicted octanol–water partition coefficient (Wildman–Crippen LogP) is 3.65. The summed E-state index contributed by atoms with van der Waals surface area (Å²) in [7, 11) is 1.90. The molecule has 222 valence electrons. The lowest BCUT2D eigenvalue weighted by Gasteiger charge is -2.44. The van der Waals surface area contributed by atoms with Gasteiger partial charge in [0.15, 0.2) is 11.6 Å². The number of hydrogen-bond acceptors (Lipinski definition) is 5. The van der Waals surface area contributed by atoms with E-state index < -0.39 is 82.8 Å². The summed E-state index contributed by atoms with van der Waals surface area (Å²) in [5, 5.41) is 4.70. The van der Waals surface area contributed by atoms with Gasteiger partial charge >= 0.3 is 6.18 Å². The number of nitrogens with one attached hydrogen (secondary N) is 2. The number of carbonyl (C=O) groups excluding carboxylic acids is 3. The van der Waals surface area contributed by atoms with Crippen molar-refractivity contribution in [2.24, 2.45) is 17.6 Å². The molecule has 2 aromatic carbocycles. The van der Waals surface area contributed by atoms with E-state index in [0.717, 1.165) is 24.3 Å². The second kappa shape index (κ2) is 11.2. The second-order valence-electron chi connectivity index (χ2n) is 10.5. The number of piperidine rings is 1. The van der Waals surface area contributed by atoms with Gasteiger partial charge < -0.3 is 21.3 Å². The summed E-state index contributed by atoms with van der Waals surface area (Å²) in [6.45, 7) is 3.99. The quantitative estimate of drug-likeness (QED) is 0.465. The van der Waals surface area contributed by atoms with E-state index in [1.807, 2.05) is 20.9 Å². The van der Waals surface area contributed by atoms with Crippen molar-refractivity contribution in [3.63, 3.8) is 0 Å². The van der Waals surface area contributed by atoms with Gasteiger partial charge in [0.2, 0.25) is 11.8 Å². The summed E-state index contributed by atoms with van der Waals surface area (Å²) in [5.74, 6) is -11.3. The van der Waals surface area contributed by atoms with Gasteiger partial charge in [-0.1, -0.05) is 6.07 Å². The summed E-state index contributed by atoms with van der Waals surface area (Å²) in [4.78, 5) is 40.2. The van der Waals surface area contributed by atoms with Crippen molar-refractivity contribution in [3.05, 3.63) is 47.3 Å². The highest BCUT2D eigenvalue weighted by Crippen LogP contribution is 2.40. The Bertz CT molecular complexity index is 1370. The van der Waals surface area contributed by atoms with Crippen LogP contribution in [0, 0.1) is 29.3 Å². The van der Waals surface area contributed by atoms with Crippen LogP contribution < -0.4 is 21.3 Å². The summed E-state index contributed by atoms with van der Waals surface area (Å²) in [6.07, 6.45) is -5.78. The fourth-order valence-corrected chi connectivity index (χ4v) is 5.30. The molecule has 2 aliphatic heterocycles. The lowest BCUT2D eigenvalue weighted by molar-refractivity contribution is -0.197. The molecule has 0 saturated carbocycles. The molecule has 2 fully saturated rings. The molecule has 0 spiro atoms. The van der Waals surface area contributed by atoms with Gasteiger partial charge in [-0.25, -0.2) is 13.2 Å². The Morgan fingerprint density at radius 1 is 1.02 bits per heavy atom. The first kappa shape index (κ1) is 30.2. The van der Waals surface area contributed by atoms with Gasteiger partial charge in [0, 0.05) is 49.3 Å². The van der Waals surface area contributed by atoms with Crippen molar-refractivity contribution in [1.82, 2.24) is 10.2 Å². The van der Waals surface area contributed by atoms with Crippen molar-refractivity contribution in [2.45, 2.75) is 38.5 Å². The zero-order chi connectivity index (χ0) is 30.4. The molecule has 2 heterocycles. The minimum atomic E-state index is -4.85. The zero-order valence-corrected chi connectivity index (χ0v) is 22.4. The van der Waals surface area contributed by atoms with Gasteiger partial charge in [-0.15, -0.1) is 0 Å². The van der Waals surface area contributed by atoms with Crippen LogP contribution in [0.5, 0.6) is 0 Å². The molecule has 0 radical (unpaired) electrons. The van der Waals surface area contributed by atoms with Gasteiger partial charge in [0.05, 0.1) is 28.8 Å². The number of hydrogen-bond donors (Lipinski definition) is 3. The van der Waals surface area contributed by atoms with Gasteiger partial charge in [0.25, 0.3) is 5.91 Å². The number of anilines is 2. The second-order valence-corrected chi connectivity index (χ2v) is 10.5. The molecule has 0 aliphatic carbocycles. The molecule has 2 saturated heterocycles. The highest BCUT2D eigenvalue weighted by Gasteiger charge is 2.50. The molecule has 2 aromatic rings. The standard InChI is InChI=1S/C27H29F6N5O3/c1-12-10-38(11-13(2)37(12)3)21-8-19(28)16(14-4-5-15(25(34)40)24(30)23(14)29)6-20(21)36-26(41)17-9-35-22(39)7-18(17)27(31,32)33/h4-6,8,12-13,17-18H,7,9-11H2,1-3H3,(H2,34,40)(H,35,39)(H,36,41)/t12-,13+,17?,18?. The zero-order valence-electron chi connectivity index (χ0n) is 22.4. The molecule has 4 rings (SSSR count). The van der Waals surface area contributed by atoms with E-state index in [4.69, 9.17) is 5.73 Å². The van der Waals surface area contributed by atoms with E-state index in [9.17, 15) is 36.3 Å². The predicted molar refractivity (Wildman–Crippen MR) is 138 cm³/mol. The third-order valence-corrected chi connectivity index (χ3v) is 7.85. The third-order valence-electron chi connectivity index (χ3n) is 7.85. The highest BCUT2D eigenvalue weighted by atomic mass is 19.4. The number of piperazine rings is 1. The topological polar surface area (TPSA) is 108 Å². The fourth-order valence-electron chi connectivity index (χ4n) is 5.30. The number of carbonyl (C=O) groups is 3. The Balaban J connectivity index is 1.81. The molecule has 4 N–H and O–H groups in total. The molecular formula is C27H29F6N5O3. The number of primary amides is 1. The van der Waals surface area contributed by atoms with E-state index in [1.54, 1.807) is 4.90 Å². The normalized spacial score (nSPS) is 23.7. The molecule has 4 atom stereocenters. The number of benzene rings is 2. The molecule has 14 heteroatoms. The Morgan fingerprint density at radius 3 is 2.24 bits per heavy atom. The van der Waals surface area contributed by atoms with Crippen LogP contribution >= 0.6 is 0 Å². The maximum atomic E-state index is 15.5. The van der Waals surface area contributed by atoms with Crippen LogP contribution in [-0.4, -0.2) is 67.6 Å². The van der Waals surface area contributed by atoms with Crippen molar-refractivity contribution >= 4 is 29.1 Å². The molecule has 3 amide bonds. The van der Waals surface area contributed by atoms with Crippen LogP contribution in [-0.2, 0) is 9.59 Å². The van der Waals surface area contributed by atoms with Gasteiger partial charge in [-0.2, -0.15) is 13.2 Å². The maximum absolute atomic E-state index is 15.5. The number of rotatable bonds is 5. The van der Waals surface area contributed by atoms with Crippen LogP contribution in [0.25, 0.3) is 11.1 Å².